The number of carbonyl (C=O) groups is 1. The number of hydrogen-bond donors (Lipinski definition) is 1. The normalized spacial score (nSPS) is 10.4. The summed E-state index contributed by atoms with van der Waals surface area (Å²) in [5.41, 5.74) is 2.18. The van der Waals surface area contributed by atoms with Crippen LogP contribution in [0.15, 0.2) is 60.9 Å². The molecule has 0 unspecified atom stereocenters. The zero-order valence-electron chi connectivity index (χ0n) is 11.6. The van der Waals surface area contributed by atoms with Crippen molar-refractivity contribution in [2.75, 3.05) is 0 Å². The van der Waals surface area contributed by atoms with Crippen LogP contribution in [0.3, 0.4) is 0 Å². The van der Waals surface area contributed by atoms with Crippen LogP contribution < -0.4 is 5.32 Å². The minimum absolute atomic E-state index is 0.0378. The van der Waals surface area contributed by atoms with Gasteiger partial charge in [-0.3, -0.25) is 9.78 Å². The summed E-state index contributed by atoms with van der Waals surface area (Å²) < 4.78 is 1.17. The summed E-state index contributed by atoms with van der Waals surface area (Å²) in [4.78, 5) is 18.0. The molecule has 2 aromatic heterocycles. The molecule has 0 aliphatic rings. The van der Waals surface area contributed by atoms with Gasteiger partial charge in [-0.1, -0.05) is 12.1 Å². The molecule has 5 heteroatoms. The first kappa shape index (κ1) is 15.2. The van der Waals surface area contributed by atoms with Crippen LogP contribution in [0.25, 0.3) is 10.4 Å². The SMILES string of the molecule is O=C(NCc1cccc(I)c1)c1ccc(-c2ccncc2)s1. The summed E-state index contributed by atoms with van der Waals surface area (Å²) >= 11 is 3.76. The summed E-state index contributed by atoms with van der Waals surface area (Å²) in [7, 11) is 0. The molecule has 0 aliphatic heterocycles. The maximum Gasteiger partial charge on any atom is 0.261 e. The smallest absolute Gasteiger partial charge is 0.261 e. The van der Waals surface area contributed by atoms with Gasteiger partial charge in [-0.15, -0.1) is 11.3 Å². The van der Waals surface area contributed by atoms with Gasteiger partial charge < -0.3 is 5.32 Å². The maximum absolute atomic E-state index is 12.2. The van der Waals surface area contributed by atoms with E-state index in [1.165, 1.54) is 14.9 Å². The molecule has 0 spiro atoms. The molecule has 1 aromatic carbocycles. The summed E-state index contributed by atoms with van der Waals surface area (Å²) in [6, 6.07) is 15.8. The van der Waals surface area contributed by atoms with E-state index < -0.39 is 0 Å². The highest BCUT2D eigenvalue weighted by Crippen LogP contribution is 2.27. The highest BCUT2D eigenvalue weighted by molar-refractivity contribution is 14.1. The monoisotopic (exact) mass is 420 g/mol. The van der Waals surface area contributed by atoms with E-state index in [2.05, 4.69) is 39.0 Å². The van der Waals surface area contributed by atoms with Crippen LogP contribution in [-0.2, 0) is 6.54 Å². The van der Waals surface area contributed by atoms with Crippen LogP contribution in [0.2, 0.25) is 0 Å². The quantitative estimate of drug-likeness (QED) is 0.638. The molecular formula is C17H13IN2OS. The van der Waals surface area contributed by atoms with E-state index in [4.69, 9.17) is 0 Å². The van der Waals surface area contributed by atoms with E-state index in [0.717, 1.165) is 20.9 Å². The van der Waals surface area contributed by atoms with Crippen LogP contribution in [-0.4, -0.2) is 10.9 Å². The minimum atomic E-state index is -0.0378. The Balaban J connectivity index is 1.67. The molecule has 110 valence electrons. The summed E-state index contributed by atoms with van der Waals surface area (Å²) in [6.07, 6.45) is 3.51. The molecule has 0 atom stereocenters. The number of benzene rings is 1. The molecule has 3 rings (SSSR count). The van der Waals surface area contributed by atoms with E-state index in [0.29, 0.717) is 6.54 Å². The molecule has 0 saturated carbocycles. The largest absolute Gasteiger partial charge is 0.347 e. The van der Waals surface area contributed by atoms with E-state index in [9.17, 15) is 4.79 Å². The van der Waals surface area contributed by atoms with Gasteiger partial charge in [0.15, 0.2) is 0 Å². The molecule has 1 N–H and O–H groups in total. The lowest BCUT2D eigenvalue weighted by molar-refractivity contribution is 0.0955. The lowest BCUT2D eigenvalue weighted by Gasteiger charge is -2.04. The summed E-state index contributed by atoms with van der Waals surface area (Å²) in [5, 5.41) is 2.96. The van der Waals surface area contributed by atoms with E-state index in [1.54, 1.807) is 12.4 Å². The summed E-state index contributed by atoms with van der Waals surface area (Å²) in [6.45, 7) is 0.540. The molecule has 1 amide bonds. The highest BCUT2D eigenvalue weighted by atomic mass is 127. The van der Waals surface area contributed by atoms with Crippen molar-refractivity contribution in [3.05, 3.63) is 74.9 Å². The Kier molecular flexibility index (Phi) is 4.84. The Morgan fingerprint density at radius 3 is 2.73 bits per heavy atom. The number of nitrogens with zero attached hydrogens (tertiary/aromatic N) is 1. The molecule has 0 fully saturated rings. The Bertz CT molecular complexity index is 786. The summed E-state index contributed by atoms with van der Waals surface area (Å²) in [5.74, 6) is -0.0378. The fraction of sp³-hybridized carbons (Fsp3) is 0.0588. The topological polar surface area (TPSA) is 42.0 Å². The van der Waals surface area contributed by atoms with Crippen LogP contribution >= 0.6 is 33.9 Å². The van der Waals surface area contributed by atoms with Gasteiger partial charge in [0.2, 0.25) is 0 Å². The van der Waals surface area contributed by atoms with Gasteiger partial charge in [0.1, 0.15) is 0 Å². The van der Waals surface area contributed by atoms with Crippen molar-refractivity contribution < 1.29 is 4.79 Å². The molecule has 0 bridgehead atoms. The number of rotatable bonds is 4. The third kappa shape index (κ3) is 3.72. The van der Waals surface area contributed by atoms with Crippen molar-refractivity contribution >= 4 is 39.8 Å². The second-order valence-electron chi connectivity index (χ2n) is 4.71. The first-order valence-electron chi connectivity index (χ1n) is 6.75. The number of aromatic nitrogens is 1. The van der Waals surface area contributed by atoms with Crippen molar-refractivity contribution in [3.8, 4) is 10.4 Å². The van der Waals surface area contributed by atoms with Crippen molar-refractivity contribution in [1.82, 2.24) is 10.3 Å². The molecule has 22 heavy (non-hydrogen) atoms. The maximum atomic E-state index is 12.2. The van der Waals surface area contributed by atoms with Crippen LogP contribution in [0, 0.1) is 3.57 Å². The number of pyridine rings is 1. The zero-order chi connectivity index (χ0) is 15.4. The Morgan fingerprint density at radius 2 is 1.95 bits per heavy atom. The minimum Gasteiger partial charge on any atom is -0.347 e. The third-order valence-corrected chi connectivity index (χ3v) is 4.94. The fourth-order valence-corrected chi connectivity index (χ4v) is 3.58. The molecule has 2 heterocycles. The van der Waals surface area contributed by atoms with E-state index in [1.807, 2.05) is 42.5 Å². The van der Waals surface area contributed by atoms with E-state index >= 15 is 0 Å². The average molecular weight is 420 g/mol. The lowest BCUT2D eigenvalue weighted by Crippen LogP contribution is -2.21. The van der Waals surface area contributed by atoms with Gasteiger partial charge in [-0.2, -0.15) is 0 Å². The van der Waals surface area contributed by atoms with E-state index in [-0.39, 0.29) is 5.91 Å². The number of carbonyl (C=O) groups excluding carboxylic acids is 1. The predicted molar refractivity (Wildman–Crippen MR) is 97.9 cm³/mol. The van der Waals surface area contributed by atoms with Gasteiger partial charge in [0, 0.05) is 27.4 Å². The predicted octanol–water partition coefficient (Wildman–Crippen LogP) is 4.34. The van der Waals surface area contributed by atoms with Crippen molar-refractivity contribution in [2.24, 2.45) is 0 Å². The average Bonchev–Trinajstić information content (AvgIpc) is 3.04. The number of thiophene rings is 1. The van der Waals surface area contributed by atoms with Crippen LogP contribution in [0.5, 0.6) is 0 Å². The molecular weight excluding hydrogens is 407 g/mol. The van der Waals surface area contributed by atoms with Crippen molar-refractivity contribution in [3.63, 3.8) is 0 Å². The second-order valence-corrected chi connectivity index (χ2v) is 7.04. The van der Waals surface area contributed by atoms with Gasteiger partial charge in [-0.05, 0) is 70.1 Å². The first-order chi connectivity index (χ1) is 10.7. The van der Waals surface area contributed by atoms with Crippen molar-refractivity contribution in [2.45, 2.75) is 6.54 Å². The Morgan fingerprint density at radius 1 is 1.14 bits per heavy atom. The highest BCUT2D eigenvalue weighted by Gasteiger charge is 2.10. The standard InChI is InChI=1S/C17H13IN2OS/c18-14-3-1-2-12(10-14)11-20-17(21)16-5-4-15(22-16)13-6-8-19-9-7-13/h1-10H,11H2,(H,20,21). The molecule has 0 saturated heterocycles. The lowest BCUT2D eigenvalue weighted by atomic mass is 10.2. The number of amides is 1. The number of halogens is 1. The van der Waals surface area contributed by atoms with Crippen LogP contribution in [0.4, 0.5) is 0 Å². The second kappa shape index (κ2) is 7.02. The first-order valence-corrected chi connectivity index (χ1v) is 8.65. The molecule has 3 nitrogen and oxygen atoms in total. The fourth-order valence-electron chi connectivity index (χ4n) is 2.05. The van der Waals surface area contributed by atoms with Crippen LogP contribution in [0.1, 0.15) is 15.2 Å². The molecule has 0 radical (unpaired) electrons. The molecule has 3 aromatic rings. The Hall–Kier alpha value is -1.73. The van der Waals surface area contributed by atoms with Gasteiger partial charge in [0.05, 0.1) is 4.88 Å². The van der Waals surface area contributed by atoms with Gasteiger partial charge >= 0.3 is 0 Å². The number of nitrogens with one attached hydrogen (secondary N) is 1. The van der Waals surface area contributed by atoms with Gasteiger partial charge in [-0.25, -0.2) is 0 Å². The number of hydrogen-bond acceptors (Lipinski definition) is 3. The van der Waals surface area contributed by atoms with Gasteiger partial charge in [0.25, 0.3) is 5.91 Å². The molecule has 0 aliphatic carbocycles. The van der Waals surface area contributed by atoms with Crippen molar-refractivity contribution in [1.29, 1.82) is 0 Å². The third-order valence-electron chi connectivity index (χ3n) is 3.14. The zero-order valence-corrected chi connectivity index (χ0v) is 14.6. The Labute approximate surface area is 146 Å².